The number of hydrogen-bond acceptors (Lipinski definition) is 5. The number of nitrogens with zero attached hydrogens (tertiary/aromatic N) is 5. The zero-order valence-corrected chi connectivity index (χ0v) is 15.0. The number of rotatable bonds is 5. The molecule has 1 aromatic rings. The van der Waals surface area contributed by atoms with E-state index in [4.69, 9.17) is 4.98 Å². The molecule has 24 heavy (non-hydrogen) atoms. The van der Waals surface area contributed by atoms with Crippen LogP contribution in [-0.4, -0.2) is 60.0 Å². The van der Waals surface area contributed by atoms with Gasteiger partial charge in [-0.25, -0.2) is 4.98 Å². The maximum absolute atomic E-state index is 12.2. The molecule has 0 aromatic carbocycles. The van der Waals surface area contributed by atoms with Gasteiger partial charge >= 0.3 is 0 Å². The highest BCUT2D eigenvalue weighted by atomic mass is 16.2. The first-order chi connectivity index (χ1) is 11.7. The lowest BCUT2D eigenvalue weighted by atomic mass is 10.2. The molecule has 0 N–H and O–H groups in total. The molecule has 0 unspecified atom stereocenters. The number of carbonyl (C=O) groups is 1. The van der Waals surface area contributed by atoms with E-state index in [9.17, 15) is 4.79 Å². The van der Waals surface area contributed by atoms with Crippen molar-refractivity contribution in [2.45, 2.75) is 46.0 Å². The first-order valence-corrected chi connectivity index (χ1v) is 9.30. The van der Waals surface area contributed by atoms with E-state index in [1.807, 2.05) is 11.8 Å². The summed E-state index contributed by atoms with van der Waals surface area (Å²) in [6.07, 6.45) is 5.20. The molecule has 1 amide bonds. The molecule has 6 heteroatoms. The second-order valence-corrected chi connectivity index (χ2v) is 6.83. The lowest BCUT2D eigenvalue weighted by Crippen LogP contribution is -2.49. The van der Waals surface area contributed by atoms with Crippen LogP contribution in [0.25, 0.3) is 0 Å². The smallest absolute Gasteiger partial charge is 0.227 e. The van der Waals surface area contributed by atoms with Crippen molar-refractivity contribution < 1.29 is 4.79 Å². The third-order valence-electron chi connectivity index (χ3n) is 4.92. The number of aryl methyl sites for hydroxylation is 1. The summed E-state index contributed by atoms with van der Waals surface area (Å²) < 4.78 is 0. The van der Waals surface area contributed by atoms with Crippen molar-refractivity contribution in [2.24, 2.45) is 0 Å². The molecular weight excluding hydrogens is 302 g/mol. The fraction of sp³-hybridized carbons (Fsp3) is 0.722. The zero-order valence-electron chi connectivity index (χ0n) is 15.0. The van der Waals surface area contributed by atoms with Gasteiger partial charge in [-0.3, -0.25) is 4.79 Å². The molecule has 2 aliphatic heterocycles. The topological polar surface area (TPSA) is 52.6 Å². The van der Waals surface area contributed by atoms with Crippen LogP contribution >= 0.6 is 0 Å². The Labute approximate surface area is 144 Å². The Hall–Kier alpha value is -1.85. The van der Waals surface area contributed by atoms with Gasteiger partial charge in [0.05, 0.1) is 0 Å². The summed E-state index contributed by atoms with van der Waals surface area (Å²) in [4.78, 5) is 28.1. The molecular formula is C18H29N5O. The average molecular weight is 331 g/mol. The minimum Gasteiger partial charge on any atom is -0.353 e. The van der Waals surface area contributed by atoms with Crippen LogP contribution in [-0.2, 0) is 4.79 Å². The molecule has 3 rings (SSSR count). The Balaban J connectivity index is 1.62. The van der Waals surface area contributed by atoms with E-state index in [-0.39, 0.29) is 0 Å². The number of unbranched alkanes of at least 4 members (excludes halogenated alkanes) is 1. The minimum absolute atomic E-state index is 0.299. The van der Waals surface area contributed by atoms with Gasteiger partial charge in [-0.05, 0) is 26.2 Å². The lowest BCUT2D eigenvalue weighted by Gasteiger charge is -2.35. The molecule has 0 spiro atoms. The van der Waals surface area contributed by atoms with Crippen molar-refractivity contribution in [3.8, 4) is 0 Å². The van der Waals surface area contributed by atoms with E-state index in [0.717, 1.165) is 69.6 Å². The molecule has 2 fully saturated rings. The molecule has 0 atom stereocenters. The van der Waals surface area contributed by atoms with Crippen LogP contribution < -0.4 is 9.80 Å². The van der Waals surface area contributed by atoms with Gasteiger partial charge in [0.1, 0.15) is 5.82 Å². The van der Waals surface area contributed by atoms with Gasteiger partial charge in [0.2, 0.25) is 11.9 Å². The van der Waals surface area contributed by atoms with Crippen molar-refractivity contribution in [2.75, 3.05) is 49.1 Å². The van der Waals surface area contributed by atoms with Crippen LogP contribution in [0.5, 0.6) is 0 Å². The van der Waals surface area contributed by atoms with Crippen molar-refractivity contribution in [1.29, 1.82) is 0 Å². The number of hydrogen-bond donors (Lipinski definition) is 0. The largest absolute Gasteiger partial charge is 0.353 e. The number of anilines is 2. The van der Waals surface area contributed by atoms with Crippen LogP contribution in [0.1, 0.15) is 44.7 Å². The van der Waals surface area contributed by atoms with Crippen molar-refractivity contribution >= 4 is 17.7 Å². The summed E-state index contributed by atoms with van der Waals surface area (Å²) in [5.41, 5.74) is 1.02. The molecule has 6 nitrogen and oxygen atoms in total. The second kappa shape index (κ2) is 7.81. The zero-order chi connectivity index (χ0) is 16.9. The van der Waals surface area contributed by atoms with E-state index in [0.29, 0.717) is 12.3 Å². The Morgan fingerprint density at radius 3 is 2.42 bits per heavy atom. The first kappa shape index (κ1) is 17.0. The quantitative estimate of drug-likeness (QED) is 0.828. The molecule has 2 aliphatic rings. The monoisotopic (exact) mass is 331 g/mol. The summed E-state index contributed by atoms with van der Waals surface area (Å²) in [5, 5.41) is 0. The fourth-order valence-corrected chi connectivity index (χ4v) is 3.43. The summed E-state index contributed by atoms with van der Waals surface area (Å²) in [6, 6.07) is 2.06. The summed E-state index contributed by atoms with van der Waals surface area (Å²) in [7, 11) is 0. The highest BCUT2D eigenvalue weighted by Gasteiger charge is 2.23. The van der Waals surface area contributed by atoms with Crippen molar-refractivity contribution in [3.63, 3.8) is 0 Å². The SMILES string of the molecule is CCCCC(=O)N1CCN(c2cc(C)nc(N3CCCC3)n2)CC1. The summed E-state index contributed by atoms with van der Waals surface area (Å²) >= 11 is 0. The van der Waals surface area contributed by atoms with E-state index >= 15 is 0 Å². The second-order valence-electron chi connectivity index (χ2n) is 6.83. The number of amides is 1. The van der Waals surface area contributed by atoms with Gasteiger partial charge in [0.15, 0.2) is 0 Å². The Morgan fingerprint density at radius 1 is 1.04 bits per heavy atom. The molecule has 2 saturated heterocycles. The van der Waals surface area contributed by atoms with Crippen LogP contribution in [0.2, 0.25) is 0 Å². The van der Waals surface area contributed by atoms with Gasteiger partial charge in [0.25, 0.3) is 0 Å². The maximum Gasteiger partial charge on any atom is 0.227 e. The lowest BCUT2D eigenvalue weighted by molar-refractivity contribution is -0.131. The molecule has 0 aliphatic carbocycles. The van der Waals surface area contributed by atoms with E-state index in [1.165, 1.54) is 12.8 Å². The molecule has 3 heterocycles. The summed E-state index contributed by atoms with van der Waals surface area (Å²) in [6.45, 7) is 9.58. The van der Waals surface area contributed by atoms with Crippen LogP contribution in [0.3, 0.4) is 0 Å². The summed E-state index contributed by atoms with van der Waals surface area (Å²) in [5.74, 6) is 2.17. The van der Waals surface area contributed by atoms with Crippen molar-refractivity contribution in [1.82, 2.24) is 14.9 Å². The highest BCUT2D eigenvalue weighted by Crippen LogP contribution is 2.22. The number of carbonyl (C=O) groups excluding carboxylic acids is 1. The first-order valence-electron chi connectivity index (χ1n) is 9.30. The molecule has 0 radical (unpaired) electrons. The van der Waals surface area contributed by atoms with Gasteiger partial charge in [-0.15, -0.1) is 0 Å². The Morgan fingerprint density at radius 2 is 1.75 bits per heavy atom. The van der Waals surface area contributed by atoms with E-state index in [2.05, 4.69) is 27.8 Å². The van der Waals surface area contributed by atoms with Crippen LogP contribution in [0.15, 0.2) is 6.07 Å². The Bertz CT molecular complexity index is 563. The van der Waals surface area contributed by atoms with E-state index in [1.54, 1.807) is 0 Å². The fourth-order valence-electron chi connectivity index (χ4n) is 3.43. The average Bonchev–Trinajstić information content (AvgIpc) is 3.14. The third-order valence-corrected chi connectivity index (χ3v) is 4.92. The van der Waals surface area contributed by atoms with Crippen LogP contribution in [0.4, 0.5) is 11.8 Å². The molecule has 0 saturated carbocycles. The standard InChI is InChI=1S/C18H29N5O/c1-3-4-7-17(24)22-12-10-21(11-13-22)16-14-15(2)19-18(20-16)23-8-5-6-9-23/h14H,3-13H2,1-2H3. The van der Waals surface area contributed by atoms with Crippen LogP contribution in [0, 0.1) is 6.92 Å². The van der Waals surface area contributed by atoms with Crippen molar-refractivity contribution in [3.05, 3.63) is 11.8 Å². The molecule has 132 valence electrons. The van der Waals surface area contributed by atoms with Gasteiger partial charge in [-0.1, -0.05) is 13.3 Å². The van der Waals surface area contributed by atoms with Gasteiger partial charge in [0, 0.05) is 57.4 Å². The maximum atomic E-state index is 12.2. The van der Waals surface area contributed by atoms with Gasteiger partial charge in [-0.2, -0.15) is 4.98 Å². The number of aromatic nitrogens is 2. The molecule has 1 aromatic heterocycles. The molecule has 0 bridgehead atoms. The van der Waals surface area contributed by atoms with E-state index < -0.39 is 0 Å². The number of piperazine rings is 1. The third kappa shape index (κ3) is 3.97. The highest BCUT2D eigenvalue weighted by molar-refractivity contribution is 5.76. The Kier molecular flexibility index (Phi) is 5.53. The van der Waals surface area contributed by atoms with Gasteiger partial charge < -0.3 is 14.7 Å². The predicted octanol–water partition coefficient (Wildman–Crippen LogP) is 2.22. The normalized spacial score (nSPS) is 18.3. The predicted molar refractivity (Wildman–Crippen MR) is 96.5 cm³/mol. The minimum atomic E-state index is 0.299.